The molecule has 0 bridgehead atoms. The molecular formula is C18H23N3O5. The van der Waals surface area contributed by atoms with Gasteiger partial charge in [0, 0.05) is 30.9 Å². The lowest BCUT2D eigenvalue weighted by atomic mass is 10.2. The van der Waals surface area contributed by atoms with Crippen LogP contribution in [0.25, 0.3) is 10.9 Å². The summed E-state index contributed by atoms with van der Waals surface area (Å²) in [6.07, 6.45) is 0.327. The summed E-state index contributed by atoms with van der Waals surface area (Å²) in [5, 5.41) is 14.7. The Morgan fingerprint density at radius 3 is 2.65 bits per heavy atom. The number of methoxy groups -OCH3 is 1. The van der Waals surface area contributed by atoms with Crippen molar-refractivity contribution in [2.24, 2.45) is 7.05 Å². The smallest absolute Gasteiger partial charge is 0.303 e. The lowest BCUT2D eigenvalue weighted by molar-refractivity contribution is -0.137. The number of aromatic nitrogens is 1. The van der Waals surface area contributed by atoms with E-state index < -0.39 is 12.0 Å². The van der Waals surface area contributed by atoms with E-state index in [1.807, 2.05) is 18.2 Å². The second kappa shape index (κ2) is 8.37. The maximum absolute atomic E-state index is 12.5. The Bertz CT molecular complexity index is 828. The molecule has 0 radical (unpaired) electrons. The Morgan fingerprint density at radius 2 is 2.00 bits per heavy atom. The number of nitrogens with one attached hydrogen (secondary N) is 2. The van der Waals surface area contributed by atoms with Gasteiger partial charge in [-0.05, 0) is 37.6 Å². The minimum atomic E-state index is -0.909. The fraction of sp³-hybridized carbons (Fsp3) is 0.389. The van der Waals surface area contributed by atoms with Gasteiger partial charge in [0.25, 0.3) is 5.91 Å². The predicted octanol–water partition coefficient (Wildman–Crippen LogP) is 1.29. The summed E-state index contributed by atoms with van der Waals surface area (Å²) >= 11 is 0. The van der Waals surface area contributed by atoms with Crippen molar-refractivity contribution in [3.63, 3.8) is 0 Å². The molecule has 8 nitrogen and oxygen atoms in total. The van der Waals surface area contributed by atoms with E-state index in [0.29, 0.717) is 17.9 Å². The number of fused-ring (bicyclic) bond motifs is 1. The van der Waals surface area contributed by atoms with Crippen molar-refractivity contribution in [2.45, 2.75) is 25.8 Å². The van der Waals surface area contributed by atoms with E-state index in [1.54, 1.807) is 31.7 Å². The molecule has 2 amide bonds. The van der Waals surface area contributed by atoms with Gasteiger partial charge in [-0.1, -0.05) is 0 Å². The molecule has 1 aromatic carbocycles. The number of benzene rings is 1. The van der Waals surface area contributed by atoms with Crippen LogP contribution >= 0.6 is 0 Å². The Hall–Kier alpha value is -3.03. The molecule has 0 aliphatic rings. The van der Waals surface area contributed by atoms with E-state index in [4.69, 9.17) is 9.84 Å². The van der Waals surface area contributed by atoms with Crippen LogP contribution < -0.4 is 15.4 Å². The molecule has 0 spiro atoms. The number of carbonyl (C=O) groups excluding carboxylic acids is 2. The van der Waals surface area contributed by atoms with Gasteiger partial charge in [0.15, 0.2) is 0 Å². The number of rotatable bonds is 8. The van der Waals surface area contributed by atoms with Crippen LogP contribution in [0.15, 0.2) is 24.3 Å². The number of carboxylic acid groups (broad SMARTS) is 1. The van der Waals surface area contributed by atoms with Crippen molar-refractivity contribution in [2.75, 3.05) is 13.7 Å². The largest absolute Gasteiger partial charge is 0.497 e. The van der Waals surface area contributed by atoms with E-state index in [0.717, 1.165) is 10.9 Å². The Morgan fingerprint density at radius 1 is 1.27 bits per heavy atom. The van der Waals surface area contributed by atoms with Gasteiger partial charge in [0.1, 0.15) is 17.5 Å². The summed E-state index contributed by atoms with van der Waals surface area (Å²) in [6, 6.07) is 6.52. The third kappa shape index (κ3) is 4.53. The van der Waals surface area contributed by atoms with Crippen LogP contribution in [0.5, 0.6) is 5.75 Å². The number of nitrogens with zero attached hydrogens (tertiary/aromatic N) is 1. The fourth-order valence-corrected chi connectivity index (χ4v) is 2.61. The van der Waals surface area contributed by atoms with E-state index in [1.165, 1.54) is 0 Å². The molecule has 0 aliphatic carbocycles. The first-order valence-corrected chi connectivity index (χ1v) is 8.27. The molecule has 1 atom stereocenters. The summed E-state index contributed by atoms with van der Waals surface area (Å²) in [5.41, 5.74) is 1.31. The molecule has 0 aliphatic heterocycles. The van der Waals surface area contributed by atoms with Crippen LogP contribution in [0.4, 0.5) is 0 Å². The lowest BCUT2D eigenvalue weighted by Gasteiger charge is -2.14. The predicted molar refractivity (Wildman–Crippen MR) is 96.3 cm³/mol. The normalized spacial score (nSPS) is 11.8. The van der Waals surface area contributed by atoms with Gasteiger partial charge in [0.2, 0.25) is 5.91 Å². The monoisotopic (exact) mass is 361 g/mol. The molecule has 3 N–H and O–H groups in total. The molecule has 0 saturated carbocycles. The second-order valence-corrected chi connectivity index (χ2v) is 6.00. The molecule has 2 rings (SSSR count). The molecule has 0 fully saturated rings. The highest BCUT2D eigenvalue weighted by Gasteiger charge is 2.19. The van der Waals surface area contributed by atoms with Crippen LogP contribution in [0.2, 0.25) is 0 Å². The molecule has 26 heavy (non-hydrogen) atoms. The zero-order valence-corrected chi connectivity index (χ0v) is 15.0. The van der Waals surface area contributed by atoms with Gasteiger partial charge >= 0.3 is 5.97 Å². The minimum Gasteiger partial charge on any atom is -0.497 e. The van der Waals surface area contributed by atoms with E-state index in [9.17, 15) is 14.4 Å². The van der Waals surface area contributed by atoms with E-state index in [-0.39, 0.29) is 24.8 Å². The number of aliphatic carboxylic acids is 1. The molecule has 1 aromatic heterocycles. The van der Waals surface area contributed by atoms with Crippen molar-refractivity contribution in [1.82, 2.24) is 15.2 Å². The Labute approximate surface area is 151 Å². The molecule has 1 heterocycles. The average molecular weight is 361 g/mol. The van der Waals surface area contributed by atoms with Gasteiger partial charge in [-0.15, -0.1) is 0 Å². The van der Waals surface area contributed by atoms with E-state index >= 15 is 0 Å². The van der Waals surface area contributed by atoms with Crippen LogP contribution in [-0.2, 0) is 16.6 Å². The van der Waals surface area contributed by atoms with Gasteiger partial charge in [-0.3, -0.25) is 14.4 Å². The highest BCUT2D eigenvalue weighted by Crippen LogP contribution is 2.23. The third-order valence-electron chi connectivity index (χ3n) is 4.09. The fourth-order valence-electron chi connectivity index (χ4n) is 2.61. The standard InChI is InChI=1S/C18H23N3O5/c1-11(17(24)19-8-4-5-16(22)23)20-18(25)15-10-12-9-13(26-3)6-7-14(12)21(15)2/h6-7,9-11H,4-5,8H2,1-3H3,(H,19,24)(H,20,25)(H,22,23). The van der Waals surface area contributed by atoms with Crippen molar-refractivity contribution in [1.29, 1.82) is 0 Å². The second-order valence-electron chi connectivity index (χ2n) is 6.00. The SMILES string of the molecule is COc1ccc2c(c1)cc(C(=O)NC(C)C(=O)NCCCC(=O)O)n2C. The molecule has 0 saturated heterocycles. The Kier molecular flexibility index (Phi) is 6.21. The lowest BCUT2D eigenvalue weighted by Crippen LogP contribution is -2.45. The summed E-state index contributed by atoms with van der Waals surface area (Å²) in [4.78, 5) is 34.9. The minimum absolute atomic E-state index is 0.0135. The van der Waals surface area contributed by atoms with Crippen molar-refractivity contribution < 1.29 is 24.2 Å². The molecule has 8 heteroatoms. The zero-order chi connectivity index (χ0) is 19.3. The maximum atomic E-state index is 12.5. The van der Waals surface area contributed by atoms with Crippen molar-refractivity contribution in [3.8, 4) is 5.75 Å². The first-order valence-electron chi connectivity index (χ1n) is 8.27. The highest BCUT2D eigenvalue weighted by molar-refractivity contribution is 6.00. The zero-order valence-electron chi connectivity index (χ0n) is 15.0. The van der Waals surface area contributed by atoms with Gasteiger partial charge in [0.05, 0.1) is 7.11 Å². The summed E-state index contributed by atoms with van der Waals surface area (Å²) in [5.74, 6) is -0.933. The molecular weight excluding hydrogens is 338 g/mol. The third-order valence-corrected chi connectivity index (χ3v) is 4.09. The first-order chi connectivity index (χ1) is 12.3. The van der Waals surface area contributed by atoms with E-state index in [2.05, 4.69) is 10.6 Å². The molecule has 140 valence electrons. The summed E-state index contributed by atoms with van der Waals surface area (Å²) in [6.45, 7) is 1.83. The summed E-state index contributed by atoms with van der Waals surface area (Å²) in [7, 11) is 3.36. The topological polar surface area (TPSA) is 110 Å². The number of amides is 2. The number of carbonyl (C=O) groups is 3. The Balaban J connectivity index is 2.00. The number of hydrogen-bond donors (Lipinski definition) is 3. The van der Waals surface area contributed by atoms with Crippen LogP contribution in [0.1, 0.15) is 30.3 Å². The number of aryl methyl sites for hydroxylation is 1. The number of ether oxygens (including phenoxy) is 1. The molecule has 2 aromatic rings. The van der Waals surface area contributed by atoms with Crippen molar-refractivity contribution >= 4 is 28.7 Å². The van der Waals surface area contributed by atoms with Gasteiger partial charge < -0.3 is 25.0 Å². The van der Waals surface area contributed by atoms with Crippen molar-refractivity contribution in [3.05, 3.63) is 30.0 Å². The van der Waals surface area contributed by atoms with Gasteiger partial charge in [-0.2, -0.15) is 0 Å². The summed E-state index contributed by atoms with van der Waals surface area (Å²) < 4.78 is 6.94. The number of hydrogen-bond acceptors (Lipinski definition) is 4. The number of carboxylic acids is 1. The molecule has 1 unspecified atom stereocenters. The van der Waals surface area contributed by atoms with Crippen LogP contribution in [-0.4, -0.2) is 47.2 Å². The average Bonchev–Trinajstić information content (AvgIpc) is 2.94. The first kappa shape index (κ1) is 19.3. The van der Waals surface area contributed by atoms with Crippen LogP contribution in [0.3, 0.4) is 0 Å². The van der Waals surface area contributed by atoms with Crippen LogP contribution in [0, 0.1) is 0 Å². The van der Waals surface area contributed by atoms with Gasteiger partial charge in [-0.25, -0.2) is 0 Å². The maximum Gasteiger partial charge on any atom is 0.303 e. The highest BCUT2D eigenvalue weighted by atomic mass is 16.5. The quantitative estimate of drug-likeness (QED) is 0.614.